The van der Waals surface area contributed by atoms with Crippen molar-refractivity contribution in [1.29, 1.82) is 0 Å². The fourth-order valence-electron chi connectivity index (χ4n) is 1.44. The standard InChI is InChI=1S/C12H16Cl2FNOS/c1-7(18(3)17)6-16-8(2)9-4-12(15)11(14)5-10(9)13/h4-5,7-8,16H,6H2,1-3H3. The van der Waals surface area contributed by atoms with Gasteiger partial charge in [-0.1, -0.05) is 23.2 Å². The van der Waals surface area contributed by atoms with E-state index in [1.165, 1.54) is 12.1 Å². The summed E-state index contributed by atoms with van der Waals surface area (Å²) in [5.74, 6) is -0.489. The summed E-state index contributed by atoms with van der Waals surface area (Å²) in [6.45, 7) is 4.34. The van der Waals surface area contributed by atoms with Gasteiger partial charge >= 0.3 is 0 Å². The molecule has 0 amide bonds. The Morgan fingerprint density at radius 3 is 2.50 bits per heavy atom. The van der Waals surface area contributed by atoms with Crippen LogP contribution < -0.4 is 5.32 Å². The van der Waals surface area contributed by atoms with E-state index in [0.29, 0.717) is 17.1 Å². The summed E-state index contributed by atoms with van der Waals surface area (Å²) >= 11 is 11.7. The first-order valence-electron chi connectivity index (χ1n) is 5.53. The molecule has 0 saturated carbocycles. The number of rotatable bonds is 5. The maximum absolute atomic E-state index is 13.4. The summed E-state index contributed by atoms with van der Waals surface area (Å²) < 4.78 is 24.6. The molecular formula is C12H16Cl2FNOS. The Hall–Kier alpha value is -0.160. The van der Waals surface area contributed by atoms with Crippen molar-refractivity contribution >= 4 is 34.0 Å². The van der Waals surface area contributed by atoms with Gasteiger partial charge in [0.05, 0.1) is 5.02 Å². The normalized spacial score (nSPS) is 16.3. The predicted octanol–water partition coefficient (Wildman–Crippen LogP) is 3.55. The molecule has 0 aromatic heterocycles. The molecule has 0 bridgehead atoms. The molecule has 3 unspecified atom stereocenters. The minimum atomic E-state index is -0.887. The monoisotopic (exact) mass is 311 g/mol. The predicted molar refractivity (Wildman–Crippen MR) is 76.4 cm³/mol. The molecule has 3 atom stereocenters. The Labute approximate surface area is 119 Å². The van der Waals surface area contributed by atoms with Gasteiger partial charge in [0.15, 0.2) is 0 Å². The molecule has 0 aliphatic rings. The van der Waals surface area contributed by atoms with E-state index in [0.717, 1.165) is 0 Å². The summed E-state index contributed by atoms with van der Waals surface area (Å²) in [6.07, 6.45) is 1.66. The summed E-state index contributed by atoms with van der Waals surface area (Å²) in [6, 6.07) is 2.60. The second kappa shape index (κ2) is 6.85. The van der Waals surface area contributed by atoms with Crippen LogP contribution in [0.3, 0.4) is 0 Å². The Bertz CT molecular complexity index is 456. The van der Waals surface area contributed by atoms with E-state index < -0.39 is 16.6 Å². The molecule has 0 aliphatic carbocycles. The Morgan fingerprint density at radius 1 is 1.33 bits per heavy atom. The minimum Gasteiger partial charge on any atom is -0.309 e. The Kier molecular flexibility index (Phi) is 6.05. The maximum atomic E-state index is 13.4. The highest BCUT2D eigenvalue weighted by molar-refractivity contribution is 7.84. The Balaban J connectivity index is 2.75. The van der Waals surface area contributed by atoms with E-state index in [9.17, 15) is 8.60 Å². The first-order chi connectivity index (χ1) is 8.32. The lowest BCUT2D eigenvalue weighted by Gasteiger charge is -2.18. The highest BCUT2D eigenvalue weighted by atomic mass is 35.5. The van der Waals surface area contributed by atoms with Crippen molar-refractivity contribution in [3.05, 3.63) is 33.6 Å². The molecule has 0 heterocycles. The van der Waals surface area contributed by atoms with Crippen LogP contribution in [-0.4, -0.2) is 22.3 Å². The Morgan fingerprint density at radius 2 is 1.94 bits per heavy atom. The van der Waals surface area contributed by atoms with Crippen molar-refractivity contribution in [2.24, 2.45) is 0 Å². The van der Waals surface area contributed by atoms with Gasteiger partial charge in [-0.25, -0.2) is 4.39 Å². The molecule has 0 radical (unpaired) electrons. The number of nitrogens with one attached hydrogen (secondary N) is 1. The van der Waals surface area contributed by atoms with Crippen LogP contribution >= 0.6 is 23.2 Å². The van der Waals surface area contributed by atoms with Crippen LogP contribution in [0, 0.1) is 5.82 Å². The molecule has 0 fully saturated rings. The fourth-order valence-corrected chi connectivity index (χ4v) is 2.32. The maximum Gasteiger partial charge on any atom is 0.142 e. The topological polar surface area (TPSA) is 29.1 Å². The van der Waals surface area contributed by atoms with Gasteiger partial charge in [0.2, 0.25) is 0 Å². The van der Waals surface area contributed by atoms with Crippen LogP contribution in [0.1, 0.15) is 25.5 Å². The molecule has 18 heavy (non-hydrogen) atoms. The van der Waals surface area contributed by atoms with Gasteiger partial charge < -0.3 is 5.32 Å². The van der Waals surface area contributed by atoms with E-state index in [2.05, 4.69) is 5.32 Å². The van der Waals surface area contributed by atoms with E-state index in [4.69, 9.17) is 23.2 Å². The van der Waals surface area contributed by atoms with E-state index in [-0.39, 0.29) is 16.3 Å². The van der Waals surface area contributed by atoms with Crippen molar-refractivity contribution in [3.63, 3.8) is 0 Å². The zero-order valence-electron chi connectivity index (χ0n) is 10.5. The first kappa shape index (κ1) is 15.9. The van der Waals surface area contributed by atoms with Crippen LogP contribution in [0.25, 0.3) is 0 Å². The molecule has 1 aromatic carbocycles. The molecule has 2 nitrogen and oxygen atoms in total. The van der Waals surface area contributed by atoms with Crippen LogP contribution in [0.2, 0.25) is 10.0 Å². The second-order valence-corrected chi connectivity index (χ2v) is 6.84. The lowest BCUT2D eigenvalue weighted by atomic mass is 10.1. The van der Waals surface area contributed by atoms with Gasteiger partial charge in [0.1, 0.15) is 5.82 Å². The van der Waals surface area contributed by atoms with Crippen LogP contribution in [-0.2, 0) is 10.8 Å². The second-order valence-electron chi connectivity index (χ2n) is 4.23. The van der Waals surface area contributed by atoms with Gasteiger partial charge in [-0.15, -0.1) is 0 Å². The zero-order chi connectivity index (χ0) is 13.9. The van der Waals surface area contributed by atoms with Gasteiger partial charge in [-0.05, 0) is 31.5 Å². The summed E-state index contributed by atoms with van der Waals surface area (Å²) in [4.78, 5) is 0. The average Bonchev–Trinajstić information content (AvgIpc) is 2.30. The lowest BCUT2D eigenvalue weighted by Crippen LogP contribution is -2.29. The van der Waals surface area contributed by atoms with Gasteiger partial charge in [0.25, 0.3) is 0 Å². The lowest BCUT2D eigenvalue weighted by molar-refractivity contribution is 0.561. The third-order valence-electron chi connectivity index (χ3n) is 2.78. The smallest absolute Gasteiger partial charge is 0.142 e. The van der Waals surface area contributed by atoms with Crippen molar-refractivity contribution in [2.75, 3.05) is 12.8 Å². The van der Waals surface area contributed by atoms with Crippen molar-refractivity contribution in [1.82, 2.24) is 5.32 Å². The highest BCUT2D eigenvalue weighted by Gasteiger charge is 2.14. The molecule has 0 saturated heterocycles. The number of hydrogen-bond donors (Lipinski definition) is 1. The fraction of sp³-hybridized carbons (Fsp3) is 0.500. The number of benzene rings is 1. The third-order valence-corrected chi connectivity index (χ3v) is 4.70. The van der Waals surface area contributed by atoms with Gasteiger partial charge in [-0.2, -0.15) is 0 Å². The van der Waals surface area contributed by atoms with Crippen molar-refractivity contribution in [2.45, 2.75) is 25.1 Å². The molecule has 6 heteroatoms. The summed E-state index contributed by atoms with van der Waals surface area (Å²) in [5, 5.41) is 3.65. The number of hydrogen-bond acceptors (Lipinski definition) is 2. The first-order valence-corrected chi connectivity index (χ1v) is 7.90. The quantitative estimate of drug-likeness (QED) is 0.843. The molecule has 1 N–H and O–H groups in total. The van der Waals surface area contributed by atoms with Crippen molar-refractivity contribution < 1.29 is 8.60 Å². The molecule has 102 valence electrons. The molecule has 0 spiro atoms. The van der Waals surface area contributed by atoms with E-state index in [1.54, 1.807) is 6.26 Å². The average molecular weight is 312 g/mol. The van der Waals surface area contributed by atoms with E-state index >= 15 is 0 Å². The number of halogens is 3. The molecular weight excluding hydrogens is 296 g/mol. The van der Waals surface area contributed by atoms with Crippen LogP contribution in [0.15, 0.2) is 12.1 Å². The van der Waals surface area contributed by atoms with Gasteiger partial charge in [0, 0.05) is 39.9 Å². The minimum absolute atomic E-state index is 0.0129. The van der Waals surface area contributed by atoms with E-state index in [1.807, 2.05) is 13.8 Å². The van der Waals surface area contributed by atoms with Crippen LogP contribution in [0.5, 0.6) is 0 Å². The molecule has 0 aliphatic heterocycles. The zero-order valence-corrected chi connectivity index (χ0v) is 12.8. The molecule has 1 rings (SSSR count). The van der Waals surface area contributed by atoms with Crippen LogP contribution in [0.4, 0.5) is 4.39 Å². The van der Waals surface area contributed by atoms with Gasteiger partial charge in [-0.3, -0.25) is 4.21 Å². The SMILES string of the molecule is CC(NCC(C)S(C)=O)c1cc(F)c(Cl)cc1Cl. The van der Waals surface area contributed by atoms with Crippen molar-refractivity contribution in [3.8, 4) is 0 Å². The summed E-state index contributed by atoms with van der Waals surface area (Å²) in [7, 11) is -0.887. The largest absolute Gasteiger partial charge is 0.309 e. The molecule has 1 aromatic rings. The third kappa shape index (κ3) is 4.19. The highest BCUT2D eigenvalue weighted by Crippen LogP contribution is 2.28. The summed E-state index contributed by atoms with van der Waals surface area (Å²) in [5.41, 5.74) is 0.646.